The van der Waals surface area contributed by atoms with Crippen LogP contribution < -0.4 is 0 Å². The molecule has 0 aliphatic carbocycles. The van der Waals surface area contributed by atoms with Gasteiger partial charge in [0.05, 0.1) is 0 Å². The van der Waals surface area contributed by atoms with Crippen LogP contribution in [0.15, 0.2) is 48.6 Å². The molecule has 0 aliphatic heterocycles. The number of hydrogen-bond donors (Lipinski definition) is 2. The molecule has 0 bridgehead atoms. The lowest BCUT2D eigenvalue weighted by Crippen LogP contribution is -1.92. The number of carboxylic acid groups (broad SMARTS) is 2. The highest BCUT2D eigenvalue weighted by Gasteiger charge is 1.92. The quantitative estimate of drug-likeness (QED) is 0.280. The van der Waals surface area contributed by atoms with Gasteiger partial charge < -0.3 is 10.2 Å². The Morgan fingerprint density at radius 1 is 0.692 bits per heavy atom. The second-order valence-corrected chi connectivity index (χ2v) is 5.89. The summed E-state index contributed by atoms with van der Waals surface area (Å²) >= 11 is 0. The maximum Gasteiger partial charge on any atom is 0.303 e. The number of allylic oxidation sites excluding steroid dienone is 8. The van der Waals surface area contributed by atoms with Crippen molar-refractivity contribution in [3.63, 3.8) is 0 Å². The van der Waals surface area contributed by atoms with Crippen molar-refractivity contribution in [2.24, 2.45) is 0 Å². The van der Waals surface area contributed by atoms with Crippen LogP contribution in [0.5, 0.6) is 0 Å². The van der Waals surface area contributed by atoms with Gasteiger partial charge in [0.15, 0.2) is 0 Å². The molecule has 0 aromatic heterocycles. The zero-order chi connectivity index (χ0) is 19.9. The van der Waals surface area contributed by atoms with Crippen molar-refractivity contribution in [2.75, 3.05) is 0 Å². The minimum Gasteiger partial charge on any atom is -0.481 e. The van der Waals surface area contributed by atoms with Gasteiger partial charge >= 0.3 is 5.97 Å². The molecule has 0 saturated carbocycles. The fourth-order valence-electron chi connectivity index (χ4n) is 1.93. The van der Waals surface area contributed by atoms with E-state index in [1.807, 2.05) is 0 Å². The number of carboxylic acids is 2. The third kappa shape index (κ3) is 33.5. The Labute approximate surface area is 159 Å². The van der Waals surface area contributed by atoms with Crippen molar-refractivity contribution in [2.45, 2.75) is 78.1 Å². The summed E-state index contributed by atoms with van der Waals surface area (Å²) in [6, 6.07) is 0. The lowest BCUT2D eigenvalue weighted by molar-refractivity contribution is -0.137. The van der Waals surface area contributed by atoms with Crippen LogP contribution in [-0.2, 0) is 9.59 Å². The monoisotopic (exact) mass is 364 g/mol. The van der Waals surface area contributed by atoms with E-state index in [4.69, 9.17) is 15.0 Å². The lowest BCUT2D eigenvalue weighted by Gasteiger charge is -1.90. The van der Waals surface area contributed by atoms with Crippen molar-refractivity contribution in [1.82, 2.24) is 0 Å². The summed E-state index contributed by atoms with van der Waals surface area (Å²) in [5, 5.41) is 15.9. The third-order valence-corrected chi connectivity index (χ3v) is 3.22. The minimum atomic E-state index is -0.833. The topological polar surface area (TPSA) is 74.6 Å². The van der Waals surface area contributed by atoms with Crippen molar-refractivity contribution >= 4 is 11.9 Å². The molecular formula is C22H36O4. The molecule has 0 amide bonds. The van der Waals surface area contributed by atoms with Crippen LogP contribution in [0.3, 0.4) is 0 Å². The predicted octanol–water partition coefficient (Wildman–Crippen LogP) is 6.31. The van der Waals surface area contributed by atoms with E-state index in [1.165, 1.54) is 25.7 Å². The number of hydrogen-bond acceptors (Lipinski definition) is 2. The highest BCUT2D eigenvalue weighted by atomic mass is 16.4. The molecule has 0 aromatic carbocycles. The molecule has 0 atom stereocenters. The Balaban J connectivity index is 0. The van der Waals surface area contributed by atoms with E-state index in [0.717, 1.165) is 39.0 Å². The maximum absolute atomic E-state index is 10.3. The van der Waals surface area contributed by atoms with E-state index >= 15 is 0 Å². The number of unbranched alkanes of at least 4 members (excludes halogenated alkanes) is 4. The smallest absolute Gasteiger partial charge is 0.303 e. The van der Waals surface area contributed by atoms with Crippen LogP contribution in [0.4, 0.5) is 0 Å². The second kappa shape index (κ2) is 22.9. The molecule has 26 heavy (non-hydrogen) atoms. The van der Waals surface area contributed by atoms with Gasteiger partial charge in [-0.3, -0.25) is 9.59 Å². The second-order valence-electron chi connectivity index (χ2n) is 5.89. The third-order valence-electron chi connectivity index (χ3n) is 3.22. The molecule has 148 valence electrons. The molecule has 0 unspecified atom stereocenters. The first-order valence-corrected chi connectivity index (χ1v) is 9.52. The summed E-state index contributed by atoms with van der Waals surface area (Å²) in [7, 11) is 0. The highest BCUT2D eigenvalue weighted by molar-refractivity contribution is 5.66. The van der Waals surface area contributed by atoms with Crippen molar-refractivity contribution in [3.05, 3.63) is 48.6 Å². The molecule has 0 spiro atoms. The van der Waals surface area contributed by atoms with E-state index in [1.54, 1.807) is 0 Å². The summed E-state index contributed by atoms with van der Waals surface area (Å²) in [5.41, 5.74) is 0. The summed E-state index contributed by atoms with van der Waals surface area (Å²) < 4.78 is 0. The van der Waals surface area contributed by atoms with Crippen molar-refractivity contribution < 1.29 is 19.8 Å². The zero-order valence-electron chi connectivity index (χ0n) is 16.4. The predicted molar refractivity (Wildman–Crippen MR) is 109 cm³/mol. The molecule has 0 radical (unpaired) electrons. The number of aliphatic carboxylic acids is 2. The van der Waals surface area contributed by atoms with Crippen LogP contribution in [0.1, 0.15) is 78.1 Å². The Kier molecular flexibility index (Phi) is 23.0. The van der Waals surface area contributed by atoms with Gasteiger partial charge in [0.2, 0.25) is 0 Å². The van der Waals surface area contributed by atoms with Gasteiger partial charge in [0.25, 0.3) is 5.97 Å². The van der Waals surface area contributed by atoms with Crippen LogP contribution >= 0.6 is 0 Å². The molecule has 2 N–H and O–H groups in total. The van der Waals surface area contributed by atoms with E-state index in [2.05, 4.69) is 55.5 Å². The Hall–Kier alpha value is -2.10. The molecule has 0 saturated heterocycles. The van der Waals surface area contributed by atoms with Gasteiger partial charge in [-0.05, 0) is 44.9 Å². The first-order valence-electron chi connectivity index (χ1n) is 9.52. The van der Waals surface area contributed by atoms with Crippen LogP contribution in [-0.4, -0.2) is 22.2 Å². The van der Waals surface area contributed by atoms with E-state index in [9.17, 15) is 4.79 Å². The van der Waals surface area contributed by atoms with Crippen molar-refractivity contribution in [1.29, 1.82) is 0 Å². The molecule has 0 rings (SSSR count). The Bertz CT molecular complexity index is 441. The first kappa shape index (κ1) is 26.1. The van der Waals surface area contributed by atoms with E-state index < -0.39 is 11.9 Å². The number of carbonyl (C=O) groups is 2. The van der Waals surface area contributed by atoms with E-state index in [-0.39, 0.29) is 6.42 Å². The van der Waals surface area contributed by atoms with Crippen LogP contribution in [0.25, 0.3) is 0 Å². The summed E-state index contributed by atoms with van der Waals surface area (Å²) in [4.78, 5) is 19.3. The first-order chi connectivity index (χ1) is 12.5. The van der Waals surface area contributed by atoms with Crippen LogP contribution in [0.2, 0.25) is 0 Å². The summed E-state index contributed by atoms with van der Waals surface area (Å²) in [6.45, 7) is 3.31. The summed E-state index contributed by atoms with van der Waals surface area (Å²) in [6.07, 6.45) is 27.3. The van der Waals surface area contributed by atoms with Gasteiger partial charge in [-0.25, -0.2) is 0 Å². The standard InChI is InChI=1S/C20H32O2.C2H4O2/c1-2-3-4-5-6-7-8-9-10-11-12-13-14-15-16-17-18-19-20(21)22;1-2(3)4/h6-7,9-10,12-13,15-16H,2-5,8,11,14,17-19H2,1H3,(H,21,22);1H3,(H,3,4)/b7-6-,10-9-,13-12-,16-15-;. The van der Waals surface area contributed by atoms with Gasteiger partial charge in [-0.2, -0.15) is 0 Å². The molecule has 0 heterocycles. The Morgan fingerprint density at radius 3 is 1.46 bits per heavy atom. The van der Waals surface area contributed by atoms with Gasteiger partial charge in [-0.15, -0.1) is 0 Å². The SMILES string of the molecule is CC(=O)O.CCCCC/C=C\C/C=C\C/C=C\C/C=C\CCCC(=O)O. The fraction of sp³-hybridized carbons (Fsp3) is 0.545. The molecule has 0 fully saturated rings. The molecule has 4 nitrogen and oxygen atoms in total. The molecular weight excluding hydrogens is 328 g/mol. The fourth-order valence-corrected chi connectivity index (χ4v) is 1.93. The maximum atomic E-state index is 10.3. The van der Waals surface area contributed by atoms with Gasteiger partial charge in [-0.1, -0.05) is 68.4 Å². The largest absolute Gasteiger partial charge is 0.481 e. The normalized spacial score (nSPS) is 11.5. The average Bonchev–Trinajstić information content (AvgIpc) is 2.57. The highest BCUT2D eigenvalue weighted by Crippen LogP contribution is 2.01. The molecule has 4 heteroatoms. The van der Waals surface area contributed by atoms with Crippen molar-refractivity contribution in [3.8, 4) is 0 Å². The number of rotatable bonds is 14. The zero-order valence-corrected chi connectivity index (χ0v) is 16.4. The van der Waals surface area contributed by atoms with Gasteiger partial charge in [0, 0.05) is 13.3 Å². The Morgan fingerprint density at radius 2 is 1.08 bits per heavy atom. The molecule has 0 aromatic rings. The van der Waals surface area contributed by atoms with E-state index in [0.29, 0.717) is 0 Å². The van der Waals surface area contributed by atoms with Crippen LogP contribution in [0, 0.1) is 0 Å². The minimum absolute atomic E-state index is 0.262. The van der Waals surface area contributed by atoms with Gasteiger partial charge in [0.1, 0.15) is 0 Å². The molecule has 0 aliphatic rings. The summed E-state index contributed by atoms with van der Waals surface area (Å²) in [5.74, 6) is -1.55. The average molecular weight is 365 g/mol. The lowest BCUT2D eigenvalue weighted by atomic mass is 10.2.